The van der Waals surface area contributed by atoms with Crippen molar-refractivity contribution in [1.29, 1.82) is 0 Å². The van der Waals surface area contributed by atoms with Crippen LogP contribution in [0.1, 0.15) is 21.5 Å². The van der Waals surface area contributed by atoms with Crippen LogP contribution in [0.2, 0.25) is 0 Å². The zero-order valence-electron chi connectivity index (χ0n) is 15.7. The van der Waals surface area contributed by atoms with Gasteiger partial charge in [-0.25, -0.2) is 17.2 Å². The highest BCUT2D eigenvalue weighted by atomic mass is 32.2. The number of nitrogens with zero attached hydrogens (tertiary/aromatic N) is 1. The van der Waals surface area contributed by atoms with Gasteiger partial charge < -0.3 is 0 Å². The molecule has 0 aliphatic heterocycles. The fourth-order valence-corrected chi connectivity index (χ4v) is 3.84. The average Bonchev–Trinajstić information content (AvgIpc) is 2.73. The minimum atomic E-state index is -4.63. The first-order valence-corrected chi connectivity index (χ1v) is 10.1. The SMILES string of the molecule is Cc1ccc(C(=O)c2c(F)c(F)c([N+](=O)[O-])c(NS(=O)(=O)c3ccccc3)c2F)cc1. The van der Waals surface area contributed by atoms with E-state index >= 15 is 4.39 Å². The van der Waals surface area contributed by atoms with E-state index in [4.69, 9.17) is 0 Å². The molecule has 7 nitrogen and oxygen atoms in total. The zero-order chi connectivity index (χ0) is 22.9. The molecular weight excluding hydrogens is 437 g/mol. The van der Waals surface area contributed by atoms with Gasteiger partial charge in [-0.15, -0.1) is 0 Å². The van der Waals surface area contributed by atoms with Crippen molar-refractivity contribution in [2.24, 2.45) is 0 Å². The van der Waals surface area contributed by atoms with Gasteiger partial charge in [-0.3, -0.25) is 19.6 Å². The minimum absolute atomic E-state index is 0.228. The molecule has 3 aromatic carbocycles. The topological polar surface area (TPSA) is 106 Å². The van der Waals surface area contributed by atoms with Gasteiger partial charge in [0.2, 0.25) is 5.82 Å². The van der Waals surface area contributed by atoms with Gasteiger partial charge in [0.15, 0.2) is 23.1 Å². The summed E-state index contributed by atoms with van der Waals surface area (Å²) in [6.45, 7) is 1.69. The molecule has 0 aliphatic carbocycles. The summed E-state index contributed by atoms with van der Waals surface area (Å²) in [4.78, 5) is 22.0. The molecule has 160 valence electrons. The van der Waals surface area contributed by atoms with E-state index in [-0.39, 0.29) is 5.56 Å². The average molecular weight is 450 g/mol. The molecule has 0 spiro atoms. The summed E-state index contributed by atoms with van der Waals surface area (Å²) in [5, 5.41) is 11.3. The maximum Gasteiger partial charge on any atom is 0.334 e. The van der Waals surface area contributed by atoms with Crippen LogP contribution in [-0.4, -0.2) is 19.1 Å². The lowest BCUT2D eigenvalue weighted by atomic mass is 9.99. The van der Waals surface area contributed by atoms with Crippen molar-refractivity contribution in [2.45, 2.75) is 11.8 Å². The Balaban J connectivity index is 2.24. The fourth-order valence-electron chi connectivity index (χ4n) is 2.75. The van der Waals surface area contributed by atoms with Gasteiger partial charge in [-0.1, -0.05) is 48.0 Å². The third-order valence-corrected chi connectivity index (χ3v) is 5.67. The molecule has 0 amide bonds. The summed E-state index contributed by atoms with van der Waals surface area (Å²) >= 11 is 0. The Labute approximate surface area is 174 Å². The van der Waals surface area contributed by atoms with Crippen LogP contribution in [0.3, 0.4) is 0 Å². The second kappa shape index (κ2) is 8.19. The molecule has 0 aromatic heterocycles. The number of benzene rings is 3. The smallest absolute Gasteiger partial charge is 0.288 e. The molecule has 0 saturated carbocycles. The van der Waals surface area contributed by atoms with Crippen molar-refractivity contribution in [1.82, 2.24) is 0 Å². The number of nitro benzene ring substituents is 1. The maximum absolute atomic E-state index is 15.1. The number of carbonyl (C=O) groups excluding carboxylic acids is 1. The summed E-state index contributed by atoms with van der Waals surface area (Å²) < 4.78 is 70.8. The number of carbonyl (C=O) groups is 1. The lowest BCUT2D eigenvalue weighted by Crippen LogP contribution is -2.19. The van der Waals surface area contributed by atoms with E-state index in [1.807, 2.05) is 0 Å². The number of nitro groups is 1. The van der Waals surface area contributed by atoms with Crippen molar-refractivity contribution in [2.75, 3.05) is 4.72 Å². The molecule has 0 unspecified atom stereocenters. The Kier molecular flexibility index (Phi) is 5.80. The predicted octanol–water partition coefficient (Wildman–Crippen LogP) is 4.35. The summed E-state index contributed by atoms with van der Waals surface area (Å²) in [6.07, 6.45) is 0. The highest BCUT2D eigenvalue weighted by Gasteiger charge is 2.37. The molecule has 1 N–H and O–H groups in total. The van der Waals surface area contributed by atoms with E-state index in [9.17, 15) is 32.1 Å². The Hall–Kier alpha value is -3.73. The first-order chi connectivity index (χ1) is 14.5. The third kappa shape index (κ3) is 4.12. The van der Waals surface area contributed by atoms with E-state index < -0.39 is 60.0 Å². The maximum atomic E-state index is 15.1. The van der Waals surface area contributed by atoms with Crippen LogP contribution >= 0.6 is 0 Å². The monoisotopic (exact) mass is 450 g/mol. The van der Waals surface area contributed by atoms with Gasteiger partial charge in [0.05, 0.1) is 15.4 Å². The van der Waals surface area contributed by atoms with Crippen molar-refractivity contribution < 1.29 is 31.3 Å². The van der Waals surface area contributed by atoms with E-state index in [1.165, 1.54) is 42.5 Å². The number of aryl methyl sites for hydroxylation is 1. The Morgan fingerprint density at radius 1 is 0.935 bits per heavy atom. The van der Waals surface area contributed by atoms with Crippen LogP contribution in [-0.2, 0) is 10.0 Å². The number of hydrogen-bond acceptors (Lipinski definition) is 5. The second-order valence-electron chi connectivity index (χ2n) is 6.41. The predicted molar refractivity (Wildman–Crippen MR) is 105 cm³/mol. The van der Waals surface area contributed by atoms with Crippen LogP contribution in [0.4, 0.5) is 24.5 Å². The largest absolute Gasteiger partial charge is 0.334 e. The van der Waals surface area contributed by atoms with Crippen LogP contribution in [0.5, 0.6) is 0 Å². The Bertz CT molecular complexity index is 1290. The lowest BCUT2D eigenvalue weighted by Gasteiger charge is -2.13. The van der Waals surface area contributed by atoms with E-state index in [0.717, 1.165) is 17.7 Å². The molecule has 0 saturated heterocycles. The van der Waals surface area contributed by atoms with Crippen molar-refractivity contribution in [3.05, 3.63) is 98.9 Å². The normalized spacial score (nSPS) is 11.2. The number of ketones is 1. The molecule has 3 rings (SSSR count). The quantitative estimate of drug-likeness (QED) is 0.260. The lowest BCUT2D eigenvalue weighted by molar-refractivity contribution is -0.387. The number of hydrogen-bond donors (Lipinski definition) is 1. The van der Waals surface area contributed by atoms with Crippen LogP contribution in [0, 0.1) is 34.5 Å². The minimum Gasteiger partial charge on any atom is -0.288 e. The summed E-state index contributed by atoms with van der Waals surface area (Å²) in [5.41, 5.74) is -4.23. The third-order valence-electron chi connectivity index (χ3n) is 4.31. The number of rotatable bonds is 6. The fraction of sp³-hybridized carbons (Fsp3) is 0.0500. The number of halogens is 3. The molecule has 0 heterocycles. The molecule has 11 heteroatoms. The van der Waals surface area contributed by atoms with Gasteiger partial charge in [0.25, 0.3) is 10.0 Å². The summed E-state index contributed by atoms with van der Waals surface area (Å²) in [7, 11) is -4.63. The number of nitrogens with one attached hydrogen (secondary N) is 1. The molecule has 3 aromatic rings. The van der Waals surface area contributed by atoms with Gasteiger partial charge in [-0.2, -0.15) is 4.39 Å². The van der Waals surface area contributed by atoms with Crippen molar-refractivity contribution in [3.8, 4) is 0 Å². The molecule has 0 aliphatic rings. The standard InChI is InChI=1S/C20H13F3N2O5S/c1-11-7-9-12(10-8-11)20(26)14-15(21)17(23)19(25(27)28)18(16(14)22)24-31(29,30)13-5-3-2-4-6-13/h2-10,24H,1H3. The van der Waals surface area contributed by atoms with Crippen molar-refractivity contribution >= 4 is 27.2 Å². The molecule has 0 bridgehead atoms. The van der Waals surface area contributed by atoms with Crippen LogP contribution < -0.4 is 4.72 Å². The molecular formula is C20H13F3N2O5S. The van der Waals surface area contributed by atoms with E-state index in [0.29, 0.717) is 0 Å². The number of anilines is 1. The second-order valence-corrected chi connectivity index (χ2v) is 8.09. The van der Waals surface area contributed by atoms with Gasteiger partial charge in [0, 0.05) is 5.56 Å². The Morgan fingerprint density at radius 2 is 1.52 bits per heavy atom. The van der Waals surface area contributed by atoms with Crippen molar-refractivity contribution in [3.63, 3.8) is 0 Å². The summed E-state index contributed by atoms with van der Waals surface area (Å²) in [6, 6.07) is 11.7. The molecule has 31 heavy (non-hydrogen) atoms. The molecule has 0 radical (unpaired) electrons. The molecule has 0 atom stereocenters. The zero-order valence-corrected chi connectivity index (χ0v) is 16.5. The number of sulfonamides is 1. The molecule has 0 fully saturated rings. The first kappa shape index (κ1) is 22.0. The van der Waals surface area contributed by atoms with E-state index in [2.05, 4.69) is 0 Å². The Morgan fingerprint density at radius 3 is 2.06 bits per heavy atom. The highest BCUT2D eigenvalue weighted by molar-refractivity contribution is 7.92. The van der Waals surface area contributed by atoms with Crippen LogP contribution in [0.25, 0.3) is 0 Å². The van der Waals surface area contributed by atoms with Gasteiger partial charge >= 0.3 is 5.69 Å². The van der Waals surface area contributed by atoms with Gasteiger partial charge in [0.1, 0.15) is 0 Å². The summed E-state index contributed by atoms with van der Waals surface area (Å²) in [5.74, 6) is -7.50. The highest BCUT2D eigenvalue weighted by Crippen LogP contribution is 2.37. The van der Waals surface area contributed by atoms with Gasteiger partial charge in [-0.05, 0) is 19.1 Å². The van der Waals surface area contributed by atoms with Crippen LogP contribution in [0.15, 0.2) is 59.5 Å². The van der Waals surface area contributed by atoms with E-state index in [1.54, 1.807) is 11.6 Å². The first-order valence-electron chi connectivity index (χ1n) is 8.58.